The van der Waals surface area contributed by atoms with Crippen molar-refractivity contribution >= 4 is 17.9 Å². The molecule has 0 bridgehead atoms. The summed E-state index contributed by atoms with van der Waals surface area (Å²) in [7, 11) is 0. The van der Waals surface area contributed by atoms with Crippen LogP contribution in [0.5, 0.6) is 0 Å². The molecule has 3 aromatic rings. The van der Waals surface area contributed by atoms with Gasteiger partial charge >= 0.3 is 17.9 Å². The maximum Gasteiger partial charge on any atom is 0.303 e. The Bertz CT molecular complexity index is 1560. The van der Waals surface area contributed by atoms with Crippen LogP contribution in [0.4, 0.5) is 0 Å². The first kappa shape index (κ1) is 39.0. The maximum absolute atomic E-state index is 12.5. The van der Waals surface area contributed by atoms with E-state index in [0.717, 1.165) is 16.7 Å². The van der Waals surface area contributed by atoms with Crippen LogP contribution in [0.25, 0.3) is 0 Å². The van der Waals surface area contributed by atoms with E-state index in [-0.39, 0.29) is 26.4 Å². The van der Waals surface area contributed by atoms with Gasteiger partial charge in [0.1, 0.15) is 24.4 Å². The van der Waals surface area contributed by atoms with E-state index >= 15 is 0 Å². The molecule has 2 saturated heterocycles. The lowest BCUT2D eigenvalue weighted by molar-refractivity contribution is -0.363. The van der Waals surface area contributed by atoms with Crippen LogP contribution in [0, 0.1) is 0 Å². The highest BCUT2D eigenvalue weighted by Gasteiger charge is 2.55. The van der Waals surface area contributed by atoms with Crippen molar-refractivity contribution in [2.24, 2.45) is 0 Å². The fourth-order valence-corrected chi connectivity index (χ4v) is 6.20. The fraction of sp³-hybridized carbons (Fsp3) is 0.462. The van der Waals surface area contributed by atoms with Crippen LogP contribution < -0.4 is 0 Å². The SMILES string of the molecule is CC(=O)O[C@@H]1[C@@H](OC(C)=O)[C@H](C)O[C@@H](O[C@@H]2[C@@H](OCc3ccccc3)[C@@H](O)O[C@H](COCc3ccccc3)[C@H]2OCc2ccccc2)[C@@H]1OC(C)=O. The molecule has 52 heavy (non-hydrogen) atoms. The number of hydrogen-bond donors (Lipinski definition) is 1. The van der Waals surface area contributed by atoms with Crippen LogP contribution in [0.3, 0.4) is 0 Å². The Labute approximate surface area is 302 Å². The Hall–Kier alpha value is -4.21. The zero-order chi connectivity index (χ0) is 37.0. The van der Waals surface area contributed by atoms with E-state index in [1.165, 1.54) is 20.8 Å². The monoisotopic (exact) mass is 722 g/mol. The summed E-state index contributed by atoms with van der Waals surface area (Å²) in [4.78, 5) is 36.9. The molecule has 0 radical (unpaired) electrons. The number of aliphatic hydroxyl groups excluding tert-OH is 1. The lowest BCUT2D eigenvalue weighted by Crippen LogP contribution is -2.66. The predicted octanol–water partition coefficient (Wildman–Crippen LogP) is 4.02. The minimum Gasteiger partial charge on any atom is -0.456 e. The number of carbonyl (C=O) groups excluding carboxylic acids is 3. The number of benzene rings is 3. The van der Waals surface area contributed by atoms with Crippen molar-refractivity contribution in [2.75, 3.05) is 6.61 Å². The second-order valence-corrected chi connectivity index (χ2v) is 12.6. The first-order valence-electron chi connectivity index (χ1n) is 17.2. The summed E-state index contributed by atoms with van der Waals surface area (Å²) in [6.07, 6.45) is -11.8. The zero-order valence-corrected chi connectivity index (χ0v) is 29.6. The van der Waals surface area contributed by atoms with Gasteiger partial charge in [0.2, 0.25) is 0 Å². The number of carbonyl (C=O) groups is 3. The third-order valence-corrected chi connectivity index (χ3v) is 8.50. The molecule has 0 saturated carbocycles. The average Bonchev–Trinajstić information content (AvgIpc) is 3.11. The summed E-state index contributed by atoms with van der Waals surface area (Å²) in [5.74, 6) is -2.10. The summed E-state index contributed by atoms with van der Waals surface area (Å²) in [6, 6.07) is 28.4. The van der Waals surface area contributed by atoms with E-state index in [4.69, 9.17) is 42.6 Å². The van der Waals surface area contributed by atoms with Gasteiger partial charge in [-0.05, 0) is 23.6 Å². The van der Waals surface area contributed by atoms with Gasteiger partial charge in [-0.15, -0.1) is 0 Å². The van der Waals surface area contributed by atoms with Crippen molar-refractivity contribution in [2.45, 2.75) is 109 Å². The van der Waals surface area contributed by atoms with Crippen LogP contribution in [-0.4, -0.2) is 91.0 Å². The number of rotatable bonds is 15. The Balaban J connectivity index is 1.50. The van der Waals surface area contributed by atoms with Crippen molar-refractivity contribution in [3.8, 4) is 0 Å². The van der Waals surface area contributed by atoms with Crippen molar-refractivity contribution in [1.82, 2.24) is 0 Å². The summed E-state index contributed by atoms with van der Waals surface area (Å²) in [5, 5.41) is 11.5. The highest BCUT2D eigenvalue weighted by Crippen LogP contribution is 2.35. The minimum atomic E-state index is -1.53. The number of aliphatic hydroxyl groups is 1. The molecule has 2 heterocycles. The summed E-state index contributed by atoms with van der Waals surface area (Å²) in [5.41, 5.74) is 2.62. The lowest BCUT2D eigenvalue weighted by atomic mass is 9.96. The molecule has 10 atom stereocenters. The molecule has 2 fully saturated rings. The Morgan fingerprint density at radius 1 is 0.577 bits per heavy atom. The van der Waals surface area contributed by atoms with Crippen LogP contribution in [0.1, 0.15) is 44.4 Å². The quantitative estimate of drug-likeness (QED) is 0.178. The van der Waals surface area contributed by atoms with Crippen molar-refractivity contribution in [1.29, 1.82) is 0 Å². The number of esters is 3. The molecule has 0 aliphatic carbocycles. The summed E-state index contributed by atoms with van der Waals surface area (Å²) < 4.78 is 54.7. The molecule has 13 heteroatoms. The Morgan fingerprint density at radius 2 is 1.04 bits per heavy atom. The maximum atomic E-state index is 12.5. The predicted molar refractivity (Wildman–Crippen MR) is 183 cm³/mol. The molecule has 1 N–H and O–H groups in total. The van der Waals surface area contributed by atoms with E-state index in [1.807, 2.05) is 91.0 Å². The van der Waals surface area contributed by atoms with Gasteiger partial charge in [0.25, 0.3) is 0 Å². The highest BCUT2D eigenvalue weighted by molar-refractivity contribution is 5.68. The van der Waals surface area contributed by atoms with E-state index in [1.54, 1.807) is 6.92 Å². The van der Waals surface area contributed by atoms with Gasteiger partial charge in [-0.3, -0.25) is 14.4 Å². The Kier molecular flexibility index (Phi) is 14.3. The fourth-order valence-electron chi connectivity index (χ4n) is 6.20. The molecular formula is C39H46O13. The molecule has 0 unspecified atom stereocenters. The number of hydrogen-bond acceptors (Lipinski definition) is 13. The van der Waals surface area contributed by atoms with Crippen LogP contribution in [0.15, 0.2) is 91.0 Å². The van der Waals surface area contributed by atoms with Gasteiger partial charge in [-0.2, -0.15) is 0 Å². The third kappa shape index (κ3) is 10.9. The molecule has 2 aliphatic heterocycles. The highest BCUT2D eigenvalue weighted by atomic mass is 16.8. The van der Waals surface area contributed by atoms with E-state index in [2.05, 4.69) is 0 Å². The number of ether oxygens (including phenoxy) is 9. The van der Waals surface area contributed by atoms with Crippen LogP contribution in [0.2, 0.25) is 0 Å². The zero-order valence-electron chi connectivity index (χ0n) is 29.6. The molecule has 0 aromatic heterocycles. The van der Waals surface area contributed by atoms with Crippen LogP contribution >= 0.6 is 0 Å². The topological polar surface area (TPSA) is 155 Å². The molecule has 5 rings (SSSR count). The van der Waals surface area contributed by atoms with Crippen molar-refractivity contribution < 1.29 is 62.1 Å². The standard InChI is InChI=1S/C39H46O13/c1-24-32(48-25(2)40)34(49-26(3)41)37(50-27(4)42)39(47-24)52-35-33(45-21-29-16-10-6-11-17-29)31(23-44-20-28-14-8-5-9-15-28)51-38(43)36(35)46-22-30-18-12-7-13-19-30/h5-19,24,31-39,43H,20-23H2,1-4H3/t24-,31+,32-,33+,34+,35-,36+,37+,38-,39-/m0/s1. The first-order chi connectivity index (χ1) is 25.1. The second kappa shape index (κ2) is 19.0. The van der Waals surface area contributed by atoms with Gasteiger partial charge in [0, 0.05) is 20.8 Å². The average molecular weight is 723 g/mol. The van der Waals surface area contributed by atoms with Gasteiger partial charge in [0.15, 0.2) is 30.9 Å². The molecule has 13 nitrogen and oxygen atoms in total. The molecule has 3 aromatic carbocycles. The smallest absolute Gasteiger partial charge is 0.303 e. The van der Waals surface area contributed by atoms with Gasteiger partial charge in [-0.1, -0.05) is 91.0 Å². The normalized spacial score (nSPS) is 28.8. The molecular weight excluding hydrogens is 676 g/mol. The van der Waals surface area contributed by atoms with Crippen LogP contribution in [-0.2, 0) is 76.8 Å². The van der Waals surface area contributed by atoms with Crippen molar-refractivity contribution in [3.05, 3.63) is 108 Å². The molecule has 2 aliphatic rings. The van der Waals surface area contributed by atoms with Crippen molar-refractivity contribution in [3.63, 3.8) is 0 Å². The summed E-state index contributed by atoms with van der Waals surface area (Å²) >= 11 is 0. The van der Waals surface area contributed by atoms with E-state index in [9.17, 15) is 19.5 Å². The molecule has 0 amide bonds. The molecule has 280 valence electrons. The minimum absolute atomic E-state index is 0.00340. The van der Waals surface area contributed by atoms with Gasteiger partial charge < -0.3 is 47.7 Å². The van der Waals surface area contributed by atoms with E-state index < -0.39 is 79.3 Å². The second-order valence-electron chi connectivity index (χ2n) is 12.6. The van der Waals surface area contributed by atoms with Gasteiger partial charge in [-0.25, -0.2) is 0 Å². The van der Waals surface area contributed by atoms with E-state index in [0.29, 0.717) is 0 Å². The molecule has 0 spiro atoms. The lowest BCUT2D eigenvalue weighted by Gasteiger charge is -2.48. The third-order valence-electron chi connectivity index (χ3n) is 8.50. The summed E-state index contributed by atoms with van der Waals surface area (Å²) in [6.45, 7) is 5.64. The first-order valence-corrected chi connectivity index (χ1v) is 17.2. The Morgan fingerprint density at radius 3 is 1.56 bits per heavy atom. The van der Waals surface area contributed by atoms with Gasteiger partial charge in [0.05, 0.1) is 32.5 Å². The largest absolute Gasteiger partial charge is 0.456 e.